The lowest BCUT2D eigenvalue weighted by atomic mass is 10.0. The number of benzene rings is 2. The molecule has 0 aliphatic rings. The summed E-state index contributed by atoms with van der Waals surface area (Å²) in [5.74, 6) is 1.02. The van der Waals surface area contributed by atoms with Crippen LogP contribution in [0.4, 0.5) is 0 Å². The van der Waals surface area contributed by atoms with E-state index in [0.29, 0.717) is 0 Å². The number of ether oxygens (including phenoxy) is 1. The summed E-state index contributed by atoms with van der Waals surface area (Å²) in [5.41, 5.74) is 1.40. The summed E-state index contributed by atoms with van der Waals surface area (Å²) < 4.78 is 5.84. The van der Waals surface area contributed by atoms with Crippen LogP contribution in [-0.2, 0) is 6.42 Å². The molecule has 0 unspecified atom stereocenters. The number of unbranched alkanes of at least 4 members (excludes halogenated alkanes) is 1. The van der Waals surface area contributed by atoms with Crippen molar-refractivity contribution in [3.05, 3.63) is 42.0 Å². The third-order valence-electron chi connectivity index (χ3n) is 3.21. The molecular formula is C17H22O. The van der Waals surface area contributed by atoms with Crippen molar-refractivity contribution >= 4 is 10.8 Å². The molecule has 1 nitrogen and oxygen atoms in total. The lowest BCUT2D eigenvalue weighted by Gasteiger charge is -2.11. The van der Waals surface area contributed by atoms with Crippen molar-refractivity contribution in [2.75, 3.05) is 6.61 Å². The molecule has 0 saturated heterocycles. The van der Waals surface area contributed by atoms with Crippen molar-refractivity contribution in [1.29, 1.82) is 0 Å². The average molecular weight is 242 g/mol. The highest BCUT2D eigenvalue weighted by Crippen LogP contribution is 2.26. The Balaban J connectivity index is 2.31. The van der Waals surface area contributed by atoms with E-state index in [1.807, 2.05) is 0 Å². The Kier molecular flexibility index (Phi) is 4.63. The summed E-state index contributed by atoms with van der Waals surface area (Å²) in [5, 5.41) is 2.65. The summed E-state index contributed by atoms with van der Waals surface area (Å²) >= 11 is 0. The second kappa shape index (κ2) is 6.44. The molecule has 0 radical (unpaired) electrons. The highest BCUT2D eigenvalue weighted by atomic mass is 16.5. The molecule has 0 aliphatic heterocycles. The maximum absolute atomic E-state index is 5.84. The van der Waals surface area contributed by atoms with Crippen LogP contribution < -0.4 is 4.74 Å². The van der Waals surface area contributed by atoms with Gasteiger partial charge in [0.15, 0.2) is 0 Å². The fraction of sp³-hybridized carbons (Fsp3) is 0.412. The fourth-order valence-corrected chi connectivity index (χ4v) is 2.25. The number of aryl methyl sites for hydroxylation is 1. The number of hydrogen-bond acceptors (Lipinski definition) is 1. The topological polar surface area (TPSA) is 9.23 Å². The van der Waals surface area contributed by atoms with Crippen LogP contribution in [0.15, 0.2) is 36.4 Å². The predicted molar refractivity (Wildman–Crippen MR) is 78.3 cm³/mol. The van der Waals surface area contributed by atoms with Crippen molar-refractivity contribution < 1.29 is 4.74 Å². The first-order valence-corrected chi connectivity index (χ1v) is 6.99. The molecule has 0 atom stereocenters. The minimum absolute atomic E-state index is 0.820. The summed E-state index contributed by atoms with van der Waals surface area (Å²) in [7, 11) is 0. The highest BCUT2D eigenvalue weighted by molar-refractivity contribution is 5.87. The molecule has 1 heteroatoms. The van der Waals surface area contributed by atoms with Gasteiger partial charge in [0.05, 0.1) is 6.61 Å². The molecule has 0 aromatic heterocycles. The largest absolute Gasteiger partial charge is 0.494 e. The van der Waals surface area contributed by atoms with Gasteiger partial charge in [-0.25, -0.2) is 0 Å². The molecule has 0 aliphatic carbocycles. The van der Waals surface area contributed by atoms with Crippen LogP contribution >= 0.6 is 0 Å². The van der Waals surface area contributed by atoms with Gasteiger partial charge in [0, 0.05) is 0 Å². The highest BCUT2D eigenvalue weighted by Gasteiger charge is 2.04. The van der Waals surface area contributed by atoms with Gasteiger partial charge in [-0.2, -0.15) is 0 Å². The van der Waals surface area contributed by atoms with Gasteiger partial charge in [0.2, 0.25) is 0 Å². The van der Waals surface area contributed by atoms with Crippen molar-refractivity contribution in [3.8, 4) is 5.75 Å². The molecule has 2 rings (SSSR count). The summed E-state index contributed by atoms with van der Waals surface area (Å²) in [4.78, 5) is 0. The van der Waals surface area contributed by atoms with E-state index in [1.165, 1.54) is 29.2 Å². The molecule has 0 saturated carbocycles. The van der Waals surface area contributed by atoms with E-state index in [-0.39, 0.29) is 0 Å². The fourth-order valence-electron chi connectivity index (χ4n) is 2.25. The standard InChI is InChI=1S/C17H22O/c1-3-5-11-18-16-12-14(8-4-2)17-10-7-6-9-15(17)13-16/h6-7,9-10,12-13H,3-5,8,11H2,1-2H3. The Morgan fingerprint density at radius 2 is 1.83 bits per heavy atom. The summed E-state index contributed by atoms with van der Waals surface area (Å²) in [6.45, 7) is 5.23. The van der Waals surface area contributed by atoms with Crippen LogP contribution in [0.5, 0.6) is 5.75 Å². The molecule has 0 bridgehead atoms. The SMILES string of the molecule is CCCCOc1cc(CCC)c2ccccc2c1. The summed E-state index contributed by atoms with van der Waals surface area (Å²) in [6.07, 6.45) is 4.58. The van der Waals surface area contributed by atoms with Gasteiger partial charge in [-0.3, -0.25) is 0 Å². The van der Waals surface area contributed by atoms with Gasteiger partial charge < -0.3 is 4.74 Å². The van der Waals surface area contributed by atoms with E-state index in [2.05, 4.69) is 50.2 Å². The van der Waals surface area contributed by atoms with Gasteiger partial charge in [-0.15, -0.1) is 0 Å². The van der Waals surface area contributed by atoms with Crippen LogP contribution in [0.25, 0.3) is 10.8 Å². The Labute approximate surface area is 110 Å². The number of hydrogen-bond donors (Lipinski definition) is 0. The first-order valence-electron chi connectivity index (χ1n) is 6.99. The monoisotopic (exact) mass is 242 g/mol. The molecule has 0 heterocycles. The van der Waals surface area contributed by atoms with Crippen LogP contribution in [0.1, 0.15) is 38.7 Å². The summed E-state index contributed by atoms with van der Waals surface area (Å²) in [6, 6.07) is 12.9. The average Bonchev–Trinajstić information content (AvgIpc) is 2.39. The van der Waals surface area contributed by atoms with Crippen molar-refractivity contribution in [2.24, 2.45) is 0 Å². The molecule has 18 heavy (non-hydrogen) atoms. The Bertz CT molecular complexity index is 502. The van der Waals surface area contributed by atoms with E-state index >= 15 is 0 Å². The molecule has 0 fully saturated rings. The van der Waals surface area contributed by atoms with E-state index in [0.717, 1.165) is 25.2 Å². The maximum atomic E-state index is 5.84. The number of fused-ring (bicyclic) bond motifs is 1. The van der Waals surface area contributed by atoms with Gasteiger partial charge in [0.25, 0.3) is 0 Å². The van der Waals surface area contributed by atoms with E-state index in [9.17, 15) is 0 Å². The van der Waals surface area contributed by atoms with E-state index in [4.69, 9.17) is 4.74 Å². The van der Waals surface area contributed by atoms with Crippen molar-refractivity contribution in [2.45, 2.75) is 39.5 Å². The lowest BCUT2D eigenvalue weighted by molar-refractivity contribution is 0.309. The molecule has 2 aromatic carbocycles. The normalized spacial score (nSPS) is 10.8. The second-order valence-electron chi connectivity index (χ2n) is 4.76. The quantitative estimate of drug-likeness (QED) is 0.650. The molecule has 96 valence electrons. The molecule has 0 amide bonds. The second-order valence-corrected chi connectivity index (χ2v) is 4.76. The number of rotatable bonds is 6. The maximum Gasteiger partial charge on any atom is 0.120 e. The predicted octanol–water partition coefficient (Wildman–Crippen LogP) is 4.97. The zero-order chi connectivity index (χ0) is 12.8. The zero-order valence-electron chi connectivity index (χ0n) is 11.4. The molecule has 2 aromatic rings. The van der Waals surface area contributed by atoms with Gasteiger partial charge >= 0.3 is 0 Å². The van der Waals surface area contributed by atoms with E-state index in [1.54, 1.807) is 0 Å². The van der Waals surface area contributed by atoms with Crippen LogP contribution in [0.3, 0.4) is 0 Å². The van der Waals surface area contributed by atoms with E-state index < -0.39 is 0 Å². The van der Waals surface area contributed by atoms with Crippen LogP contribution in [0.2, 0.25) is 0 Å². The van der Waals surface area contributed by atoms with Crippen LogP contribution in [0, 0.1) is 0 Å². The molecule has 0 N–H and O–H groups in total. The first-order chi connectivity index (χ1) is 8.85. The third kappa shape index (κ3) is 3.04. The Hall–Kier alpha value is -1.50. The van der Waals surface area contributed by atoms with Crippen molar-refractivity contribution in [1.82, 2.24) is 0 Å². The minimum atomic E-state index is 0.820. The van der Waals surface area contributed by atoms with Crippen LogP contribution in [-0.4, -0.2) is 6.61 Å². The molecular weight excluding hydrogens is 220 g/mol. The van der Waals surface area contributed by atoms with Gasteiger partial charge in [-0.05, 0) is 41.3 Å². The smallest absolute Gasteiger partial charge is 0.120 e. The molecule has 0 spiro atoms. The lowest BCUT2D eigenvalue weighted by Crippen LogP contribution is -1.97. The van der Waals surface area contributed by atoms with Gasteiger partial charge in [0.1, 0.15) is 5.75 Å². The Morgan fingerprint density at radius 1 is 1.00 bits per heavy atom. The zero-order valence-corrected chi connectivity index (χ0v) is 11.4. The first kappa shape index (κ1) is 12.9. The van der Waals surface area contributed by atoms with Crippen molar-refractivity contribution in [3.63, 3.8) is 0 Å². The third-order valence-corrected chi connectivity index (χ3v) is 3.21. The van der Waals surface area contributed by atoms with Gasteiger partial charge in [-0.1, -0.05) is 51.0 Å². The Morgan fingerprint density at radius 3 is 2.61 bits per heavy atom. The minimum Gasteiger partial charge on any atom is -0.494 e.